The largest absolute Gasteiger partial charge is 0.298 e. The van der Waals surface area contributed by atoms with Crippen LogP contribution in [-0.4, -0.2) is 22.4 Å². The Bertz CT molecular complexity index is 782. The number of carbonyl (C=O) groups is 1. The van der Waals surface area contributed by atoms with Crippen molar-refractivity contribution < 1.29 is 10.0 Å². The van der Waals surface area contributed by atoms with Gasteiger partial charge in [-0.2, -0.15) is 0 Å². The van der Waals surface area contributed by atoms with Gasteiger partial charge in [0.15, 0.2) is 0 Å². The molecule has 0 N–H and O–H groups in total. The van der Waals surface area contributed by atoms with Gasteiger partial charge in [-0.3, -0.25) is 4.79 Å². The number of hydrogen-bond acceptors (Lipinski definition) is 2. The van der Waals surface area contributed by atoms with E-state index >= 15 is 0 Å². The fourth-order valence-corrected chi connectivity index (χ4v) is 3.67. The molecule has 3 heteroatoms. The predicted octanol–water partition coefficient (Wildman–Crippen LogP) is 4.01. The minimum absolute atomic E-state index is 0.573. The summed E-state index contributed by atoms with van der Waals surface area (Å²) in [4.78, 5) is 11.8. The van der Waals surface area contributed by atoms with E-state index in [1.807, 2.05) is 70.2 Å². The molecule has 2 aromatic rings. The third-order valence-electron chi connectivity index (χ3n) is 4.73. The van der Waals surface area contributed by atoms with Crippen molar-refractivity contribution in [2.24, 2.45) is 0 Å². The van der Waals surface area contributed by atoms with Gasteiger partial charge in [0.1, 0.15) is 6.29 Å². The van der Waals surface area contributed by atoms with Gasteiger partial charge in [0.05, 0.1) is 11.1 Å². The highest BCUT2D eigenvalue weighted by atomic mass is 16.5. The van der Waals surface area contributed by atoms with Crippen molar-refractivity contribution in [3.05, 3.63) is 53.6 Å². The van der Waals surface area contributed by atoms with E-state index in [2.05, 4.69) is 0 Å². The Morgan fingerprint density at radius 2 is 1.55 bits per heavy atom. The molecule has 0 bridgehead atoms. The fourth-order valence-electron chi connectivity index (χ4n) is 3.67. The Morgan fingerprint density at radius 3 is 2.23 bits per heavy atom. The molecule has 1 heterocycles. The number of aldehydes is 1. The van der Waals surface area contributed by atoms with Crippen LogP contribution in [0.25, 0.3) is 16.3 Å². The van der Waals surface area contributed by atoms with Crippen molar-refractivity contribution in [1.82, 2.24) is 5.06 Å². The van der Waals surface area contributed by atoms with Crippen LogP contribution in [0.4, 0.5) is 0 Å². The van der Waals surface area contributed by atoms with Gasteiger partial charge in [-0.15, -0.1) is 10.3 Å². The summed E-state index contributed by atoms with van der Waals surface area (Å²) in [5.74, 6) is 0. The summed E-state index contributed by atoms with van der Waals surface area (Å²) in [5.41, 5.74) is 0.807. The molecule has 0 amide bonds. The van der Waals surface area contributed by atoms with Crippen LogP contribution in [0.2, 0.25) is 0 Å². The number of hydroxylamine groups is 2. The molecule has 3 nitrogen and oxygen atoms in total. The second-order valence-electron chi connectivity index (χ2n) is 6.85. The number of benzene rings is 2. The Balaban J connectivity index is 2.39. The lowest BCUT2D eigenvalue weighted by Gasteiger charge is -2.34. The maximum absolute atomic E-state index is 12.8. The number of carbonyl (C=O) groups excluding carboxylic acids is 1. The van der Waals surface area contributed by atoms with E-state index < -0.39 is 11.1 Å². The molecule has 1 aliphatic rings. The summed E-state index contributed by atoms with van der Waals surface area (Å²) < 4.78 is 0. The molecule has 0 saturated heterocycles. The lowest BCUT2D eigenvalue weighted by atomic mass is 9.84. The average Bonchev–Trinajstić information content (AvgIpc) is 2.63. The molecule has 0 fully saturated rings. The molecule has 3 rings (SSSR count). The van der Waals surface area contributed by atoms with E-state index in [1.165, 1.54) is 0 Å². The zero-order valence-corrected chi connectivity index (χ0v) is 13.4. The van der Waals surface area contributed by atoms with E-state index in [9.17, 15) is 10.0 Å². The molecule has 0 unspecified atom stereocenters. The summed E-state index contributed by atoms with van der Waals surface area (Å²) >= 11 is 0. The first kappa shape index (κ1) is 14.9. The van der Waals surface area contributed by atoms with Crippen LogP contribution < -0.4 is 0 Å². The fraction of sp³-hybridized carbons (Fsp3) is 0.316. The Morgan fingerprint density at radius 1 is 0.909 bits per heavy atom. The number of fused-ring (bicyclic) bond motifs is 1. The zero-order valence-electron chi connectivity index (χ0n) is 13.4. The molecule has 2 aromatic carbocycles. The summed E-state index contributed by atoms with van der Waals surface area (Å²) in [6.45, 7) is 7.39. The van der Waals surface area contributed by atoms with Crippen LogP contribution in [0.15, 0.2) is 48.0 Å². The minimum Gasteiger partial charge on any atom is -0.298 e. The van der Waals surface area contributed by atoms with Crippen LogP contribution in [0.1, 0.15) is 33.3 Å². The molecule has 1 aliphatic heterocycles. The third-order valence-corrected chi connectivity index (χ3v) is 4.73. The normalized spacial score (nSPS) is 20.6. The number of rotatable bonds is 2. The molecule has 0 spiro atoms. The van der Waals surface area contributed by atoms with Gasteiger partial charge in [0, 0.05) is 5.57 Å². The molecule has 1 radical (unpaired) electrons. The monoisotopic (exact) mass is 294 g/mol. The van der Waals surface area contributed by atoms with Crippen LogP contribution in [0.3, 0.4) is 0 Å². The van der Waals surface area contributed by atoms with E-state index in [0.29, 0.717) is 5.57 Å². The molecule has 0 atom stereocenters. The van der Waals surface area contributed by atoms with Gasteiger partial charge >= 0.3 is 0 Å². The van der Waals surface area contributed by atoms with Crippen molar-refractivity contribution in [3.63, 3.8) is 0 Å². The van der Waals surface area contributed by atoms with Crippen molar-refractivity contribution in [2.75, 3.05) is 0 Å². The van der Waals surface area contributed by atoms with Crippen molar-refractivity contribution in [2.45, 2.75) is 38.8 Å². The first-order chi connectivity index (χ1) is 10.3. The topological polar surface area (TPSA) is 40.2 Å². The number of nitrogens with zero attached hydrogens (tertiary/aromatic N) is 1. The summed E-state index contributed by atoms with van der Waals surface area (Å²) in [7, 11) is 0. The second kappa shape index (κ2) is 4.77. The van der Waals surface area contributed by atoms with Crippen molar-refractivity contribution in [3.8, 4) is 0 Å². The van der Waals surface area contributed by atoms with E-state index in [0.717, 1.165) is 33.3 Å². The molecule has 113 valence electrons. The molecule has 0 saturated carbocycles. The summed E-state index contributed by atoms with van der Waals surface area (Å²) in [6.07, 6.45) is 0.844. The van der Waals surface area contributed by atoms with Crippen LogP contribution in [0, 0.1) is 0 Å². The average molecular weight is 294 g/mol. The van der Waals surface area contributed by atoms with Gasteiger partial charge in [0.25, 0.3) is 0 Å². The van der Waals surface area contributed by atoms with Gasteiger partial charge < -0.3 is 0 Å². The van der Waals surface area contributed by atoms with Crippen molar-refractivity contribution in [1.29, 1.82) is 0 Å². The lowest BCUT2D eigenvalue weighted by Crippen LogP contribution is -2.47. The molecule has 0 aliphatic carbocycles. The second-order valence-corrected chi connectivity index (χ2v) is 6.85. The smallest absolute Gasteiger partial charge is 0.148 e. The standard InChI is InChI=1S/C19H20NO2/c1-18(2)16(12-21)17(19(3,4)20(18)22)15-11-7-9-13-8-5-6-10-14(13)15/h5-12H,1-4H3. The molecular formula is C19H20NO2. The first-order valence-corrected chi connectivity index (χ1v) is 7.48. The highest BCUT2D eigenvalue weighted by molar-refractivity contribution is 6.03. The minimum atomic E-state index is -0.822. The van der Waals surface area contributed by atoms with Gasteiger partial charge in [-0.05, 0) is 49.6 Å². The van der Waals surface area contributed by atoms with Gasteiger partial charge in [-0.1, -0.05) is 42.5 Å². The van der Waals surface area contributed by atoms with Crippen molar-refractivity contribution >= 4 is 22.6 Å². The van der Waals surface area contributed by atoms with Crippen LogP contribution in [0.5, 0.6) is 0 Å². The summed E-state index contributed by atoms with van der Waals surface area (Å²) in [6, 6.07) is 14.1. The predicted molar refractivity (Wildman–Crippen MR) is 87.6 cm³/mol. The quantitative estimate of drug-likeness (QED) is 0.785. The van der Waals surface area contributed by atoms with Gasteiger partial charge in [-0.25, -0.2) is 0 Å². The maximum Gasteiger partial charge on any atom is 0.148 e. The van der Waals surface area contributed by atoms with E-state index in [-0.39, 0.29) is 0 Å². The molecule has 0 aromatic heterocycles. The molecular weight excluding hydrogens is 274 g/mol. The molecule has 22 heavy (non-hydrogen) atoms. The Kier molecular flexibility index (Phi) is 3.24. The Hall–Kier alpha value is -1.97. The number of hydrogen-bond donors (Lipinski definition) is 0. The van der Waals surface area contributed by atoms with Crippen LogP contribution >= 0.6 is 0 Å². The zero-order chi connectivity index (χ0) is 16.1. The maximum atomic E-state index is 12.8. The summed E-state index contributed by atoms with van der Waals surface area (Å²) in [5, 5.41) is 16.0. The highest BCUT2D eigenvalue weighted by Gasteiger charge is 2.52. The SMILES string of the molecule is CC1(C)C(C=O)=C(c2cccc3ccccc23)C(C)(C)N1[O]. The van der Waals surface area contributed by atoms with Gasteiger partial charge in [0.2, 0.25) is 0 Å². The first-order valence-electron chi connectivity index (χ1n) is 7.48. The highest BCUT2D eigenvalue weighted by Crippen LogP contribution is 2.49. The van der Waals surface area contributed by atoms with E-state index in [1.54, 1.807) is 0 Å². The Labute approximate surface area is 130 Å². The van der Waals surface area contributed by atoms with E-state index in [4.69, 9.17) is 0 Å². The lowest BCUT2D eigenvalue weighted by molar-refractivity contribution is -0.236. The third kappa shape index (κ3) is 1.86. The van der Waals surface area contributed by atoms with Crippen LogP contribution in [-0.2, 0) is 10.0 Å².